The smallest absolute Gasteiger partial charge is 0.375 e. The van der Waals surface area contributed by atoms with Gasteiger partial charge < -0.3 is 9.53 Å². The van der Waals surface area contributed by atoms with Crippen LogP contribution in [-0.4, -0.2) is 29.4 Å². The molecule has 102 valence electrons. The number of hydrogen-bond donors (Lipinski definition) is 0. The van der Waals surface area contributed by atoms with Crippen molar-refractivity contribution in [3.8, 4) is 0 Å². The van der Waals surface area contributed by atoms with E-state index in [1.165, 1.54) is 20.8 Å². The third kappa shape index (κ3) is 4.39. The van der Waals surface area contributed by atoms with Crippen molar-refractivity contribution in [2.75, 3.05) is 0 Å². The number of ether oxygens (including phenoxy) is 1. The summed E-state index contributed by atoms with van der Waals surface area (Å²) >= 11 is 0. The van der Waals surface area contributed by atoms with Crippen LogP contribution in [0.2, 0.25) is 0 Å². The summed E-state index contributed by atoms with van der Waals surface area (Å²) in [6, 6.07) is 0. The zero-order chi connectivity index (χ0) is 14.7. The molecule has 1 atom stereocenters. The molecule has 0 N–H and O–H groups in total. The lowest BCUT2D eigenvalue weighted by atomic mass is 9.81. The molecule has 0 aromatic heterocycles. The number of carbonyl (C=O) groups is 4. The van der Waals surface area contributed by atoms with Gasteiger partial charge in [0.2, 0.25) is 5.78 Å². The van der Waals surface area contributed by atoms with E-state index < -0.39 is 34.5 Å². The molecule has 0 spiro atoms. The first-order chi connectivity index (χ1) is 7.92. The van der Waals surface area contributed by atoms with Crippen LogP contribution >= 0.6 is 0 Å². The summed E-state index contributed by atoms with van der Waals surface area (Å²) < 4.78 is 4.89. The molecule has 0 amide bonds. The van der Waals surface area contributed by atoms with E-state index in [1.807, 2.05) is 0 Å². The highest BCUT2D eigenvalue weighted by molar-refractivity contribution is 6.39. The van der Waals surface area contributed by atoms with E-state index in [-0.39, 0.29) is 0 Å². The monoisotopic (exact) mass is 256 g/mol. The minimum atomic E-state index is -1.28. The van der Waals surface area contributed by atoms with Gasteiger partial charge in [0, 0.05) is 0 Å². The Hall–Kier alpha value is -1.52. The molecule has 0 rings (SSSR count). The van der Waals surface area contributed by atoms with Crippen molar-refractivity contribution in [3.05, 3.63) is 0 Å². The van der Waals surface area contributed by atoms with Crippen molar-refractivity contribution in [1.29, 1.82) is 0 Å². The van der Waals surface area contributed by atoms with Crippen LogP contribution in [-0.2, 0) is 23.9 Å². The standard InChI is InChI=1S/C13H20O5/c1-8(10(16)13(5,6)7-14)9(15)11(17)18-12(2,3)4/h7-8H,1-6H3. The maximum atomic E-state index is 11.8. The van der Waals surface area contributed by atoms with Crippen molar-refractivity contribution in [2.24, 2.45) is 11.3 Å². The van der Waals surface area contributed by atoms with Crippen LogP contribution in [0.4, 0.5) is 0 Å². The third-order valence-corrected chi connectivity index (χ3v) is 2.32. The van der Waals surface area contributed by atoms with E-state index in [9.17, 15) is 19.2 Å². The Morgan fingerprint density at radius 2 is 1.50 bits per heavy atom. The van der Waals surface area contributed by atoms with Crippen molar-refractivity contribution < 1.29 is 23.9 Å². The molecule has 5 nitrogen and oxygen atoms in total. The van der Waals surface area contributed by atoms with Gasteiger partial charge in [0.25, 0.3) is 0 Å². The molecule has 0 bridgehead atoms. The highest BCUT2D eigenvalue weighted by Crippen LogP contribution is 2.20. The fraction of sp³-hybridized carbons (Fsp3) is 0.692. The fourth-order valence-electron chi connectivity index (χ4n) is 1.24. The Kier molecular flexibility index (Phi) is 4.96. The van der Waals surface area contributed by atoms with Crippen molar-refractivity contribution >= 4 is 23.8 Å². The first kappa shape index (κ1) is 16.5. The summed E-state index contributed by atoms with van der Waals surface area (Å²) in [5, 5.41) is 0. The topological polar surface area (TPSA) is 77.5 Å². The van der Waals surface area contributed by atoms with Crippen molar-refractivity contribution in [1.82, 2.24) is 0 Å². The number of ketones is 2. The largest absolute Gasteiger partial charge is 0.454 e. The average molecular weight is 256 g/mol. The van der Waals surface area contributed by atoms with Crippen LogP contribution in [0.15, 0.2) is 0 Å². The van der Waals surface area contributed by atoms with Gasteiger partial charge in [-0.25, -0.2) is 4.79 Å². The van der Waals surface area contributed by atoms with E-state index in [2.05, 4.69) is 0 Å². The van der Waals surface area contributed by atoms with E-state index in [1.54, 1.807) is 20.8 Å². The van der Waals surface area contributed by atoms with E-state index >= 15 is 0 Å². The number of rotatable bonds is 5. The van der Waals surface area contributed by atoms with Crippen LogP contribution in [0.25, 0.3) is 0 Å². The Labute approximate surface area is 107 Å². The second-order valence-electron chi connectivity index (χ2n) is 5.79. The van der Waals surface area contributed by atoms with Gasteiger partial charge in [-0.05, 0) is 41.5 Å². The zero-order valence-electron chi connectivity index (χ0n) is 11.7. The Bertz CT molecular complexity index is 373. The summed E-state index contributed by atoms with van der Waals surface area (Å²) in [6.45, 7) is 8.99. The first-order valence-electron chi connectivity index (χ1n) is 5.70. The average Bonchev–Trinajstić information content (AvgIpc) is 2.23. The summed E-state index contributed by atoms with van der Waals surface area (Å²) in [5.41, 5.74) is -2.08. The number of hydrogen-bond acceptors (Lipinski definition) is 5. The molecular weight excluding hydrogens is 236 g/mol. The van der Waals surface area contributed by atoms with Gasteiger partial charge in [-0.15, -0.1) is 0 Å². The lowest BCUT2D eigenvalue weighted by molar-refractivity contribution is -0.165. The molecule has 0 fully saturated rings. The molecule has 0 aromatic carbocycles. The first-order valence-corrected chi connectivity index (χ1v) is 5.70. The molecule has 0 aliphatic carbocycles. The van der Waals surface area contributed by atoms with E-state index in [0.717, 1.165) is 0 Å². The Morgan fingerprint density at radius 3 is 1.83 bits per heavy atom. The summed E-state index contributed by atoms with van der Waals surface area (Å²) in [6.07, 6.45) is 0.466. The second kappa shape index (κ2) is 5.42. The lowest BCUT2D eigenvalue weighted by Crippen LogP contribution is -2.40. The minimum absolute atomic E-state index is 0.466. The molecule has 0 heterocycles. The molecule has 0 aliphatic heterocycles. The molecule has 0 saturated carbocycles. The quantitative estimate of drug-likeness (QED) is 0.321. The molecule has 0 aliphatic rings. The second-order valence-corrected chi connectivity index (χ2v) is 5.79. The molecule has 0 saturated heterocycles. The highest BCUT2D eigenvalue weighted by Gasteiger charge is 2.38. The molecular formula is C13H20O5. The molecule has 0 radical (unpaired) electrons. The van der Waals surface area contributed by atoms with Gasteiger partial charge in [-0.3, -0.25) is 9.59 Å². The van der Waals surface area contributed by atoms with Crippen LogP contribution < -0.4 is 0 Å². The predicted octanol–water partition coefficient (Wildman–Crippen LogP) is 1.33. The van der Waals surface area contributed by atoms with Gasteiger partial charge in [-0.1, -0.05) is 0 Å². The normalized spacial score (nSPS) is 13.7. The lowest BCUT2D eigenvalue weighted by Gasteiger charge is -2.22. The highest BCUT2D eigenvalue weighted by atomic mass is 16.6. The number of Topliss-reactive ketones (excluding diaryl/α,β-unsaturated/α-hetero) is 2. The van der Waals surface area contributed by atoms with Crippen LogP contribution in [0.1, 0.15) is 41.5 Å². The van der Waals surface area contributed by atoms with Crippen LogP contribution in [0.3, 0.4) is 0 Å². The fourth-order valence-corrected chi connectivity index (χ4v) is 1.24. The minimum Gasteiger partial charge on any atom is -0.454 e. The zero-order valence-corrected chi connectivity index (χ0v) is 11.7. The third-order valence-electron chi connectivity index (χ3n) is 2.32. The van der Waals surface area contributed by atoms with Gasteiger partial charge in [0.1, 0.15) is 11.9 Å². The van der Waals surface area contributed by atoms with Gasteiger partial charge in [0.15, 0.2) is 5.78 Å². The van der Waals surface area contributed by atoms with E-state index in [0.29, 0.717) is 6.29 Å². The van der Waals surface area contributed by atoms with Crippen molar-refractivity contribution in [3.63, 3.8) is 0 Å². The maximum Gasteiger partial charge on any atom is 0.375 e. The van der Waals surface area contributed by atoms with Crippen LogP contribution in [0.5, 0.6) is 0 Å². The number of aldehydes is 1. The van der Waals surface area contributed by atoms with Crippen molar-refractivity contribution in [2.45, 2.75) is 47.1 Å². The van der Waals surface area contributed by atoms with Crippen LogP contribution in [0, 0.1) is 11.3 Å². The molecule has 0 aromatic rings. The summed E-state index contributed by atoms with van der Waals surface area (Å²) in [4.78, 5) is 45.8. The van der Waals surface area contributed by atoms with Gasteiger partial charge in [-0.2, -0.15) is 0 Å². The maximum absolute atomic E-state index is 11.8. The molecule has 5 heteroatoms. The Balaban J connectivity index is 4.87. The number of carbonyl (C=O) groups excluding carboxylic acids is 4. The SMILES string of the molecule is CC(C(=O)C(=O)OC(C)(C)C)C(=O)C(C)(C)C=O. The van der Waals surface area contributed by atoms with Gasteiger partial charge in [0.05, 0.1) is 11.3 Å². The predicted molar refractivity (Wildman–Crippen MR) is 64.9 cm³/mol. The Morgan fingerprint density at radius 1 is 1.06 bits per heavy atom. The van der Waals surface area contributed by atoms with Gasteiger partial charge >= 0.3 is 5.97 Å². The summed E-state index contributed by atoms with van der Waals surface area (Å²) in [7, 11) is 0. The molecule has 18 heavy (non-hydrogen) atoms. The number of esters is 1. The molecule has 1 unspecified atom stereocenters. The summed E-state index contributed by atoms with van der Waals surface area (Å²) in [5.74, 6) is -3.75. The van der Waals surface area contributed by atoms with E-state index in [4.69, 9.17) is 4.74 Å².